The molecule has 0 aromatic heterocycles. The van der Waals surface area contributed by atoms with Crippen LogP contribution in [0.4, 0.5) is 11.4 Å². The molecule has 8 aliphatic rings. The van der Waals surface area contributed by atoms with Gasteiger partial charge in [-0.2, -0.15) is 10.1 Å². The molecule has 0 radical (unpaired) electrons. The molecule has 2 heterocycles. The maximum absolute atomic E-state index is 14.3. The molecule has 22 nitrogen and oxygen atoms in total. The van der Waals surface area contributed by atoms with Crippen LogP contribution in [0.25, 0.3) is 22.3 Å². The first-order chi connectivity index (χ1) is 50.1. The molecule has 4 amide bonds. The van der Waals surface area contributed by atoms with E-state index in [1.54, 1.807) is 44.3 Å². The van der Waals surface area contributed by atoms with Crippen molar-refractivity contribution < 1.29 is 58.8 Å². The average molecular weight is 1470 g/mol. The summed E-state index contributed by atoms with van der Waals surface area (Å²) in [5.74, 6) is 2.93. The van der Waals surface area contributed by atoms with Gasteiger partial charge in [-0.25, -0.2) is 0 Å². The molecule has 6 aliphatic carbocycles. The Balaban J connectivity index is 0.000000246. The van der Waals surface area contributed by atoms with Gasteiger partial charge in [-0.1, -0.05) is 106 Å². The van der Waals surface area contributed by atoms with Crippen LogP contribution in [0, 0.1) is 70.0 Å². The van der Waals surface area contributed by atoms with Crippen LogP contribution in [0.1, 0.15) is 167 Å². The fourth-order valence-corrected chi connectivity index (χ4v) is 19.2. The third kappa shape index (κ3) is 18.5. The summed E-state index contributed by atoms with van der Waals surface area (Å²) >= 11 is 0. The predicted octanol–water partition coefficient (Wildman–Crippen LogP) is 9.89. The maximum Gasteiger partial charge on any atom is 0.251 e. The Kier molecular flexibility index (Phi) is 28.0. The molecule has 10 N–H and O–H groups in total. The lowest BCUT2D eigenvalue weighted by Gasteiger charge is -2.62. The highest BCUT2D eigenvalue weighted by atomic mass is 16.7. The first-order valence-corrected chi connectivity index (χ1v) is 39.2. The molecule has 6 saturated carbocycles. The van der Waals surface area contributed by atoms with Gasteiger partial charge in [0.15, 0.2) is 0 Å². The number of likely N-dealkylation sites (N-methyl/N-ethyl adjacent to an activating group) is 2. The smallest absolute Gasteiger partial charge is 0.251 e. The minimum absolute atomic E-state index is 0.00129. The first kappa shape index (κ1) is 83.6. The number of carbonyl (C=O) groups is 4. The summed E-state index contributed by atoms with van der Waals surface area (Å²) in [7, 11) is 11.2. The molecule has 106 heavy (non-hydrogen) atoms. The molecule has 4 bridgehead atoms. The molecular formula is C84H130N10O12. The van der Waals surface area contributed by atoms with E-state index in [2.05, 4.69) is 125 Å². The second kappa shape index (κ2) is 35.5. The van der Waals surface area contributed by atoms with Crippen molar-refractivity contribution in [2.75, 3.05) is 92.4 Å². The molecular weight excluding hydrogens is 1340 g/mol. The van der Waals surface area contributed by atoms with Gasteiger partial charge in [-0.05, 0) is 200 Å². The zero-order valence-corrected chi connectivity index (χ0v) is 67.2. The SMILES string of the molecule is CCN(CC)c1cc(C(=O)N[C@@H](CC(C)C)CN(C)C)cc(-c2cccc(CN3O[C@@H](CO)[C@@H]([C@H](C)O)[C@H]3C(=O)N[C@H]3C[C@H]4C[C@@H]([C@@H]3C)C4(C)C)c2OC)c1.COc1c(CN2O[C@@H](CO)[C@@H]([C@H](C)O)[C@H]2C(=O)N[C@H]2C[C@H]3C[C@@H]([C@@H]2C)C3(C)C)cccc1-c1cc(N)cc(C(=O)N[C@@H](CC(C)C)CN(C)C)c1. The van der Waals surface area contributed by atoms with Crippen molar-refractivity contribution in [3.63, 3.8) is 0 Å². The second-order valence-corrected chi connectivity index (χ2v) is 34.4. The van der Waals surface area contributed by atoms with E-state index >= 15 is 0 Å². The Hall–Kier alpha value is -6.44. The Morgan fingerprint density at radius 2 is 0.991 bits per heavy atom. The molecule has 8 fully saturated rings. The number of ether oxygens (including phenoxy) is 2. The second-order valence-electron chi connectivity index (χ2n) is 34.4. The standard InChI is InChI=1S/C44H69N5O6.C40H61N5O6/c1-12-48(13-2)34-19-30(18-31(20-34)42(52)45-33(17-26(3)4)24-47(9)10)35-16-14-15-29(41(35)54-11)23-49-40(39(28(6)51)38(25-50)55-49)43(53)46-37-22-32-21-36(27(37)5)44(32,7)8;1-22(2)13-30(20-44(7)8)42-38(48)27-14-26(15-29(41)16-27)31-12-10-11-25(37(31)50-9)19-45-36(35(24(4)47)34(21-46)51-45)39(49)43-33-18-28-17-32(23(33)3)40(28,5)6/h14-16,18-20,26-28,32-33,36-40,50-51H,12-13,17,21-25H2,1-11H3,(H,45,52)(H,46,53);10-12,14-16,22-24,28,30,32-36,46-47H,13,17-21,41H2,1-9H3,(H,42,48)(H,43,49)/t27-,28-,32+,33-,36-,37-,38-,39+,40-;23-,24-,28+,30-,32-,33-,34-,35+,36-/m00/s1. The number of fused-ring (bicyclic) bond motifs is 4. The van der Waals surface area contributed by atoms with Crippen molar-refractivity contribution in [1.82, 2.24) is 41.2 Å². The molecule has 18 atom stereocenters. The highest BCUT2D eigenvalue weighted by Crippen LogP contribution is 2.62. The van der Waals surface area contributed by atoms with Crippen LogP contribution < -0.4 is 41.4 Å². The van der Waals surface area contributed by atoms with E-state index in [-0.39, 0.29) is 84.9 Å². The quantitative estimate of drug-likeness (QED) is 0.0212. The Morgan fingerprint density at radius 3 is 1.33 bits per heavy atom. The van der Waals surface area contributed by atoms with Crippen molar-refractivity contribution in [2.45, 2.75) is 209 Å². The summed E-state index contributed by atoms with van der Waals surface area (Å²) in [6.45, 7) is 32.6. The van der Waals surface area contributed by atoms with Gasteiger partial charge in [0, 0.05) is 107 Å². The van der Waals surface area contributed by atoms with Crippen LogP contribution in [0.3, 0.4) is 0 Å². The number of methoxy groups -OCH3 is 2. The first-order valence-electron chi connectivity index (χ1n) is 39.2. The number of nitrogens with two attached hydrogens (primary N) is 1. The number of benzene rings is 4. The van der Waals surface area contributed by atoms with Crippen molar-refractivity contribution in [3.05, 3.63) is 95.1 Å². The van der Waals surface area contributed by atoms with Gasteiger partial charge in [0.1, 0.15) is 35.8 Å². The molecule has 4 aromatic carbocycles. The number of aliphatic hydroxyl groups excluding tert-OH is 4. The number of aliphatic hydroxyl groups is 4. The molecule has 0 spiro atoms. The van der Waals surface area contributed by atoms with Gasteiger partial charge in [0.05, 0.1) is 52.7 Å². The fourth-order valence-electron chi connectivity index (χ4n) is 19.2. The number of carbonyl (C=O) groups excluding carboxylic acids is 4. The van der Waals surface area contributed by atoms with E-state index in [0.29, 0.717) is 81.2 Å². The van der Waals surface area contributed by atoms with Crippen molar-refractivity contribution in [2.24, 2.45) is 70.0 Å². The Morgan fingerprint density at radius 1 is 0.594 bits per heavy atom. The van der Waals surface area contributed by atoms with E-state index in [0.717, 1.165) is 85.4 Å². The van der Waals surface area contributed by atoms with Gasteiger partial charge in [-0.15, -0.1) is 0 Å². The molecule has 12 rings (SSSR count). The van der Waals surface area contributed by atoms with Crippen molar-refractivity contribution >= 4 is 35.0 Å². The molecule has 22 heteroatoms. The lowest BCUT2D eigenvalue weighted by Crippen LogP contribution is -2.62. The largest absolute Gasteiger partial charge is 0.496 e. The number of hydrogen-bond acceptors (Lipinski definition) is 18. The van der Waals surface area contributed by atoms with Crippen LogP contribution in [0.5, 0.6) is 11.5 Å². The number of anilines is 2. The fraction of sp³-hybridized carbons (Fsp3) is 0.667. The Labute approximate surface area is 632 Å². The van der Waals surface area contributed by atoms with Crippen LogP contribution in [-0.2, 0) is 32.4 Å². The van der Waals surface area contributed by atoms with Gasteiger partial charge in [0.2, 0.25) is 11.8 Å². The summed E-state index contributed by atoms with van der Waals surface area (Å²) < 4.78 is 12.1. The average Bonchev–Trinajstić information content (AvgIpc) is 0.881. The molecule has 2 aliphatic heterocycles. The number of hydrogen-bond donors (Lipinski definition) is 9. The molecule has 0 unspecified atom stereocenters. The van der Waals surface area contributed by atoms with E-state index in [1.807, 2.05) is 88.9 Å². The van der Waals surface area contributed by atoms with Crippen molar-refractivity contribution in [3.8, 4) is 33.8 Å². The molecule has 2 saturated heterocycles. The number of amides is 4. The van der Waals surface area contributed by atoms with Crippen molar-refractivity contribution in [1.29, 1.82) is 0 Å². The summed E-state index contributed by atoms with van der Waals surface area (Å²) in [5, 5.41) is 59.0. The lowest BCUT2D eigenvalue weighted by molar-refractivity contribution is -0.183. The number of nitrogens with one attached hydrogen (secondary N) is 4. The third-order valence-corrected chi connectivity index (χ3v) is 24.9. The summed E-state index contributed by atoms with van der Waals surface area (Å²) in [6.07, 6.45) is 2.68. The molecule has 588 valence electrons. The Bertz CT molecular complexity index is 3610. The van der Waals surface area contributed by atoms with Crippen LogP contribution >= 0.6 is 0 Å². The number of rotatable bonds is 31. The highest BCUT2D eigenvalue weighted by molar-refractivity contribution is 5.98. The van der Waals surface area contributed by atoms with Crippen LogP contribution in [0.2, 0.25) is 0 Å². The maximum atomic E-state index is 14.3. The number of nitrogens with zero attached hydrogens (tertiary/aromatic N) is 5. The minimum Gasteiger partial charge on any atom is -0.496 e. The van der Waals surface area contributed by atoms with E-state index in [4.69, 9.17) is 24.9 Å². The summed E-state index contributed by atoms with van der Waals surface area (Å²) in [5.41, 5.74) is 13.9. The van der Waals surface area contributed by atoms with Gasteiger partial charge < -0.3 is 71.6 Å². The van der Waals surface area contributed by atoms with Crippen LogP contribution in [0.15, 0.2) is 72.8 Å². The van der Waals surface area contributed by atoms with E-state index in [9.17, 15) is 39.6 Å². The molecule has 4 aromatic rings. The van der Waals surface area contributed by atoms with Gasteiger partial charge >= 0.3 is 0 Å². The zero-order valence-electron chi connectivity index (χ0n) is 67.2. The number of hydroxylamine groups is 4. The topological polar surface area (TPSA) is 276 Å². The van der Waals surface area contributed by atoms with E-state index in [1.165, 1.54) is 12.8 Å². The number of nitrogen functional groups attached to an aromatic ring is 1. The van der Waals surface area contributed by atoms with E-state index < -0.39 is 48.3 Å². The van der Waals surface area contributed by atoms with Gasteiger partial charge in [0.25, 0.3) is 11.8 Å². The lowest BCUT2D eigenvalue weighted by atomic mass is 9.45. The van der Waals surface area contributed by atoms with Crippen LogP contribution in [-0.4, -0.2) is 206 Å². The zero-order chi connectivity index (χ0) is 77.7. The highest BCUT2D eigenvalue weighted by Gasteiger charge is 2.59. The monoisotopic (exact) mass is 1470 g/mol. The normalized spacial score (nSPS) is 27.7. The summed E-state index contributed by atoms with van der Waals surface area (Å²) in [4.78, 5) is 75.0. The minimum atomic E-state index is -0.901. The predicted molar refractivity (Wildman–Crippen MR) is 418 cm³/mol. The summed E-state index contributed by atoms with van der Waals surface area (Å²) in [6, 6.07) is 21.3. The van der Waals surface area contributed by atoms with Gasteiger partial charge in [-0.3, -0.25) is 28.9 Å². The number of para-hydroxylation sites is 2. The third-order valence-electron chi connectivity index (χ3n) is 24.9.